The molecule has 0 aliphatic carbocycles. The lowest BCUT2D eigenvalue weighted by atomic mass is 10.3. The standard InChI is InChI=1S/C9H16N2O3/c1-7(12)10-3-2-4-11-6-8(13)5-9(11)14/h8,13H,2-6H2,1H3,(H,10,12). The summed E-state index contributed by atoms with van der Waals surface area (Å²) in [6.45, 7) is 3.08. The van der Waals surface area contributed by atoms with E-state index < -0.39 is 6.10 Å². The molecule has 14 heavy (non-hydrogen) atoms. The largest absolute Gasteiger partial charge is 0.391 e. The van der Waals surface area contributed by atoms with Gasteiger partial charge in [-0.2, -0.15) is 0 Å². The second-order valence-corrected chi connectivity index (χ2v) is 3.53. The lowest BCUT2D eigenvalue weighted by Crippen LogP contribution is -2.30. The molecule has 1 aliphatic rings. The second kappa shape index (κ2) is 4.95. The van der Waals surface area contributed by atoms with Crippen LogP contribution < -0.4 is 5.32 Å². The Labute approximate surface area is 83.1 Å². The van der Waals surface area contributed by atoms with E-state index in [0.29, 0.717) is 19.6 Å². The summed E-state index contributed by atoms with van der Waals surface area (Å²) in [5.74, 6) is -0.0573. The molecule has 1 rings (SSSR count). The van der Waals surface area contributed by atoms with Gasteiger partial charge in [0.05, 0.1) is 12.5 Å². The first-order chi connectivity index (χ1) is 6.59. The predicted molar refractivity (Wildman–Crippen MR) is 50.5 cm³/mol. The summed E-state index contributed by atoms with van der Waals surface area (Å²) in [5.41, 5.74) is 0. The summed E-state index contributed by atoms with van der Waals surface area (Å²) in [6, 6.07) is 0. The number of carbonyl (C=O) groups excluding carboxylic acids is 2. The van der Waals surface area contributed by atoms with Gasteiger partial charge in [-0.25, -0.2) is 0 Å². The van der Waals surface area contributed by atoms with Gasteiger partial charge in [-0.1, -0.05) is 0 Å². The molecule has 1 aliphatic heterocycles. The van der Waals surface area contributed by atoms with Crippen LogP contribution in [0.2, 0.25) is 0 Å². The molecule has 0 aromatic heterocycles. The third-order valence-corrected chi connectivity index (χ3v) is 2.17. The number of amides is 2. The molecule has 2 amide bonds. The number of hydrogen-bond donors (Lipinski definition) is 2. The number of aliphatic hydroxyl groups is 1. The van der Waals surface area contributed by atoms with Gasteiger partial charge in [-0.05, 0) is 6.42 Å². The summed E-state index contributed by atoms with van der Waals surface area (Å²) in [6.07, 6.45) is 0.460. The van der Waals surface area contributed by atoms with Gasteiger partial charge in [0.25, 0.3) is 0 Å². The number of nitrogens with one attached hydrogen (secondary N) is 1. The van der Waals surface area contributed by atoms with Crippen LogP contribution in [-0.2, 0) is 9.59 Å². The molecule has 0 saturated carbocycles. The van der Waals surface area contributed by atoms with E-state index in [-0.39, 0.29) is 18.2 Å². The van der Waals surface area contributed by atoms with Crippen molar-refractivity contribution in [3.8, 4) is 0 Å². The molecule has 0 aromatic carbocycles. The third kappa shape index (κ3) is 3.33. The van der Waals surface area contributed by atoms with Crippen LogP contribution in [0.5, 0.6) is 0 Å². The van der Waals surface area contributed by atoms with Crippen LogP contribution in [0.25, 0.3) is 0 Å². The summed E-state index contributed by atoms with van der Waals surface area (Å²) >= 11 is 0. The number of nitrogens with zero attached hydrogens (tertiary/aromatic N) is 1. The summed E-state index contributed by atoms with van der Waals surface area (Å²) in [7, 11) is 0. The monoisotopic (exact) mass is 200 g/mol. The van der Waals surface area contributed by atoms with Crippen molar-refractivity contribution in [2.24, 2.45) is 0 Å². The lowest BCUT2D eigenvalue weighted by Gasteiger charge is -2.15. The molecular weight excluding hydrogens is 184 g/mol. The Kier molecular flexibility index (Phi) is 3.88. The maximum Gasteiger partial charge on any atom is 0.225 e. The first-order valence-electron chi connectivity index (χ1n) is 4.80. The molecule has 5 nitrogen and oxygen atoms in total. The molecule has 0 aromatic rings. The molecule has 5 heteroatoms. The van der Waals surface area contributed by atoms with Crippen LogP contribution in [0.4, 0.5) is 0 Å². The van der Waals surface area contributed by atoms with Gasteiger partial charge in [0, 0.05) is 26.6 Å². The van der Waals surface area contributed by atoms with E-state index in [2.05, 4.69) is 5.32 Å². The van der Waals surface area contributed by atoms with Gasteiger partial charge in [0.2, 0.25) is 11.8 Å². The van der Waals surface area contributed by atoms with Crippen molar-refractivity contribution < 1.29 is 14.7 Å². The van der Waals surface area contributed by atoms with Crippen LogP contribution in [0, 0.1) is 0 Å². The fraction of sp³-hybridized carbons (Fsp3) is 0.778. The Morgan fingerprint density at radius 1 is 1.71 bits per heavy atom. The first-order valence-corrected chi connectivity index (χ1v) is 4.80. The first kappa shape index (κ1) is 11.0. The lowest BCUT2D eigenvalue weighted by molar-refractivity contribution is -0.127. The quantitative estimate of drug-likeness (QED) is 0.578. The Bertz CT molecular complexity index is 230. The Hall–Kier alpha value is -1.10. The van der Waals surface area contributed by atoms with E-state index >= 15 is 0 Å². The molecular formula is C9H16N2O3. The van der Waals surface area contributed by atoms with Crippen LogP contribution in [-0.4, -0.2) is 47.6 Å². The van der Waals surface area contributed by atoms with E-state index in [1.54, 1.807) is 4.90 Å². The smallest absolute Gasteiger partial charge is 0.225 e. The Morgan fingerprint density at radius 3 is 2.93 bits per heavy atom. The van der Waals surface area contributed by atoms with E-state index in [4.69, 9.17) is 0 Å². The van der Waals surface area contributed by atoms with Crippen LogP contribution in [0.3, 0.4) is 0 Å². The van der Waals surface area contributed by atoms with Gasteiger partial charge >= 0.3 is 0 Å². The molecule has 1 heterocycles. The number of likely N-dealkylation sites (tertiary alicyclic amines) is 1. The van der Waals surface area contributed by atoms with Crippen molar-refractivity contribution in [1.82, 2.24) is 10.2 Å². The molecule has 0 bridgehead atoms. The van der Waals surface area contributed by atoms with Crippen LogP contribution >= 0.6 is 0 Å². The molecule has 2 N–H and O–H groups in total. The van der Waals surface area contributed by atoms with E-state index in [1.807, 2.05) is 0 Å². The van der Waals surface area contributed by atoms with Gasteiger partial charge in [-0.3, -0.25) is 9.59 Å². The average Bonchev–Trinajstić information content (AvgIpc) is 2.39. The second-order valence-electron chi connectivity index (χ2n) is 3.53. The average molecular weight is 200 g/mol. The molecule has 1 saturated heterocycles. The van der Waals surface area contributed by atoms with Crippen molar-refractivity contribution >= 4 is 11.8 Å². The minimum Gasteiger partial charge on any atom is -0.391 e. The zero-order valence-electron chi connectivity index (χ0n) is 8.32. The maximum absolute atomic E-state index is 11.2. The number of carbonyl (C=O) groups is 2. The van der Waals surface area contributed by atoms with Crippen molar-refractivity contribution in [3.05, 3.63) is 0 Å². The molecule has 80 valence electrons. The minimum atomic E-state index is -0.511. The molecule has 1 fully saturated rings. The van der Waals surface area contributed by atoms with Crippen molar-refractivity contribution in [2.75, 3.05) is 19.6 Å². The van der Waals surface area contributed by atoms with Crippen molar-refractivity contribution in [1.29, 1.82) is 0 Å². The third-order valence-electron chi connectivity index (χ3n) is 2.17. The fourth-order valence-corrected chi connectivity index (χ4v) is 1.50. The highest BCUT2D eigenvalue weighted by Gasteiger charge is 2.26. The van der Waals surface area contributed by atoms with Crippen molar-refractivity contribution in [3.63, 3.8) is 0 Å². The van der Waals surface area contributed by atoms with Crippen LogP contribution in [0.15, 0.2) is 0 Å². The highest BCUT2D eigenvalue weighted by Crippen LogP contribution is 2.10. The molecule has 1 unspecified atom stereocenters. The van der Waals surface area contributed by atoms with Crippen LogP contribution in [0.1, 0.15) is 19.8 Å². The van der Waals surface area contributed by atoms with Gasteiger partial charge < -0.3 is 15.3 Å². The van der Waals surface area contributed by atoms with E-state index in [0.717, 1.165) is 6.42 Å². The van der Waals surface area contributed by atoms with Gasteiger partial charge in [-0.15, -0.1) is 0 Å². The number of β-amino-alcohol motifs (C(OH)–C–C–N with tert-alkyl or cyclic N) is 1. The molecule has 1 atom stereocenters. The predicted octanol–water partition coefficient (Wildman–Crippen LogP) is -0.894. The van der Waals surface area contributed by atoms with Crippen molar-refractivity contribution in [2.45, 2.75) is 25.9 Å². The minimum absolute atomic E-state index is 0.000301. The highest BCUT2D eigenvalue weighted by molar-refractivity contribution is 5.79. The summed E-state index contributed by atoms with van der Waals surface area (Å²) in [5, 5.41) is 11.8. The SMILES string of the molecule is CC(=O)NCCCN1CC(O)CC1=O. The number of rotatable bonds is 4. The van der Waals surface area contributed by atoms with Gasteiger partial charge in [0.1, 0.15) is 0 Å². The zero-order chi connectivity index (χ0) is 10.6. The Balaban J connectivity index is 2.13. The normalized spacial score (nSPS) is 21.4. The molecule has 0 spiro atoms. The van der Waals surface area contributed by atoms with E-state index in [1.165, 1.54) is 6.92 Å². The zero-order valence-corrected chi connectivity index (χ0v) is 8.32. The topological polar surface area (TPSA) is 69.6 Å². The number of hydrogen-bond acceptors (Lipinski definition) is 3. The number of aliphatic hydroxyl groups excluding tert-OH is 1. The Morgan fingerprint density at radius 2 is 2.43 bits per heavy atom. The summed E-state index contributed by atoms with van der Waals surface area (Å²) < 4.78 is 0. The highest BCUT2D eigenvalue weighted by atomic mass is 16.3. The summed E-state index contributed by atoms with van der Waals surface area (Å²) in [4.78, 5) is 23.3. The molecule has 0 radical (unpaired) electrons. The fourth-order valence-electron chi connectivity index (χ4n) is 1.50. The van der Waals surface area contributed by atoms with Gasteiger partial charge in [0.15, 0.2) is 0 Å². The van der Waals surface area contributed by atoms with E-state index in [9.17, 15) is 14.7 Å². The maximum atomic E-state index is 11.2.